The van der Waals surface area contributed by atoms with Gasteiger partial charge in [-0.05, 0) is 55.7 Å². The van der Waals surface area contributed by atoms with E-state index in [0.717, 1.165) is 25.7 Å². The number of carboxylic acid groups (broad SMARTS) is 1. The lowest BCUT2D eigenvalue weighted by atomic mass is 9.76. The van der Waals surface area contributed by atoms with Crippen LogP contribution < -0.4 is 0 Å². The fourth-order valence-corrected chi connectivity index (χ4v) is 3.08. The average Bonchev–Trinajstić information content (AvgIpc) is 2.53. The summed E-state index contributed by atoms with van der Waals surface area (Å²) in [6.45, 7) is 3.86. The Balaban J connectivity index is 1.88. The Hall–Kier alpha value is -1.97. The van der Waals surface area contributed by atoms with Gasteiger partial charge in [-0.25, -0.2) is 4.39 Å². The van der Waals surface area contributed by atoms with E-state index in [2.05, 4.69) is 6.58 Å². The molecule has 22 heavy (non-hydrogen) atoms. The van der Waals surface area contributed by atoms with E-state index in [1.165, 1.54) is 12.1 Å². The molecule has 2 rings (SSSR count). The Labute approximate surface area is 129 Å². The van der Waals surface area contributed by atoms with Crippen LogP contribution >= 0.6 is 0 Å². The minimum Gasteiger partial charge on any atom is -0.481 e. The van der Waals surface area contributed by atoms with E-state index in [0.29, 0.717) is 23.5 Å². The summed E-state index contributed by atoms with van der Waals surface area (Å²) in [5, 5.41) is 8.71. The van der Waals surface area contributed by atoms with Crippen molar-refractivity contribution in [2.24, 2.45) is 11.8 Å². The van der Waals surface area contributed by atoms with E-state index in [1.54, 1.807) is 12.1 Å². The van der Waals surface area contributed by atoms with Gasteiger partial charge in [0.1, 0.15) is 5.82 Å². The second kappa shape index (κ2) is 7.34. The molecule has 1 aliphatic rings. The topological polar surface area (TPSA) is 54.4 Å². The molecule has 1 aliphatic carbocycles. The van der Waals surface area contributed by atoms with Crippen molar-refractivity contribution < 1.29 is 19.1 Å². The van der Waals surface area contributed by atoms with Crippen LogP contribution in [-0.4, -0.2) is 16.9 Å². The third kappa shape index (κ3) is 4.26. The fraction of sp³-hybridized carbons (Fsp3) is 0.444. The minimum absolute atomic E-state index is 0.0308. The van der Waals surface area contributed by atoms with Crippen molar-refractivity contribution in [3.05, 3.63) is 42.2 Å². The maximum absolute atomic E-state index is 12.9. The first-order chi connectivity index (χ1) is 10.5. The number of ketones is 1. The molecule has 0 aliphatic heterocycles. The molecule has 4 heteroatoms. The highest BCUT2D eigenvalue weighted by Crippen LogP contribution is 2.34. The summed E-state index contributed by atoms with van der Waals surface area (Å²) in [6.07, 6.45) is 4.23. The molecule has 0 saturated heterocycles. The SMILES string of the molecule is C=C(C(=O)C1CCC(CCC(=O)O)CC1)c1ccc(F)cc1. The summed E-state index contributed by atoms with van der Waals surface area (Å²) in [7, 11) is 0. The van der Waals surface area contributed by atoms with Crippen LogP contribution in [0.2, 0.25) is 0 Å². The number of hydrogen-bond donors (Lipinski definition) is 1. The standard InChI is InChI=1S/C18H21FO3/c1-12(14-7-9-16(19)10-8-14)18(22)15-5-2-13(3-6-15)4-11-17(20)21/h7-10,13,15H,1-6,11H2,(H,20,21). The van der Waals surface area contributed by atoms with Crippen molar-refractivity contribution in [1.82, 2.24) is 0 Å². The maximum Gasteiger partial charge on any atom is 0.303 e. The summed E-state index contributed by atoms with van der Waals surface area (Å²) in [5.74, 6) is -0.702. The van der Waals surface area contributed by atoms with Gasteiger partial charge in [-0.15, -0.1) is 0 Å². The number of rotatable bonds is 6. The molecule has 1 fully saturated rings. The fourth-order valence-electron chi connectivity index (χ4n) is 3.08. The van der Waals surface area contributed by atoms with Crippen molar-refractivity contribution in [1.29, 1.82) is 0 Å². The molecule has 0 atom stereocenters. The molecule has 0 spiro atoms. The van der Waals surface area contributed by atoms with E-state index < -0.39 is 5.97 Å². The van der Waals surface area contributed by atoms with Gasteiger partial charge in [0, 0.05) is 17.9 Å². The number of halogens is 1. The lowest BCUT2D eigenvalue weighted by molar-refractivity contribution is -0.137. The van der Waals surface area contributed by atoms with E-state index in [4.69, 9.17) is 5.11 Å². The van der Waals surface area contributed by atoms with Gasteiger partial charge in [0.25, 0.3) is 0 Å². The molecule has 1 aromatic rings. The molecular weight excluding hydrogens is 283 g/mol. The molecule has 3 nitrogen and oxygen atoms in total. The van der Waals surface area contributed by atoms with Gasteiger partial charge in [0.15, 0.2) is 5.78 Å². The largest absolute Gasteiger partial charge is 0.481 e. The third-order valence-corrected chi connectivity index (χ3v) is 4.47. The van der Waals surface area contributed by atoms with E-state index in [1.807, 2.05) is 0 Å². The number of carbonyl (C=O) groups excluding carboxylic acids is 1. The summed E-state index contributed by atoms with van der Waals surface area (Å²) in [5.41, 5.74) is 1.10. The lowest BCUT2D eigenvalue weighted by Gasteiger charge is -2.27. The van der Waals surface area contributed by atoms with Crippen LogP contribution in [0.4, 0.5) is 4.39 Å². The molecule has 0 bridgehead atoms. The molecule has 0 aromatic heterocycles. The van der Waals surface area contributed by atoms with Gasteiger partial charge >= 0.3 is 5.97 Å². The van der Waals surface area contributed by atoms with Crippen LogP contribution in [0.5, 0.6) is 0 Å². The van der Waals surface area contributed by atoms with Crippen molar-refractivity contribution in [3.63, 3.8) is 0 Å². The van der Waals surface area contributed by atoms with Gasteiger partial charge in [-0.3, -0.25) is 9.59 Å². The Bertz CT molecular complexity index is 554. The first kappa shape index (κ1) is 16.4. The first-order valence-electron chi connectivity index (χ1n) is 7.68. The van der Waals surface area contributed by atoms with Gasteiger partial charge in [0.05, 0.1) is 0 Å². The number of hydrogen-bond acceptors (Lipinski definition) is 2. The first-order valence-corrected chi connectivity index (χ1v) is 7.68. The highest BCUT2D eigenvalue weighted by molar-refractivity contribution is 6.20. The molecule has 0 heterocycles. The highest BCUT2D eigenvalue weighted by atomic mass is 19.1. The summed E-state index contributed by atoms with van der Waals surface area (Å²) >= 11 is 0. The molecule has 1 aromatic carbocycles. The Kier molecular flexibility index (Phi) is 5.47. The number of allylic oxidation sites excluding steroid dienone is 1. The monoisotopic (exact) mass is 304 g/mol. The zero-order chi connectivity index (χ0) is 16.1. The smallest absolute Gasteiger partial charge is 0.303 e. The van der Waals surface area contributed by atoms with Crippen molar-refractivity contribution in [3.8, 4) is 0 Å². The minimum atomic E-state index is -0.761. The average molecular weight is 304 g/mol. The molecular formula is C18H21FO3. The molecule has 118 valence electrons. The Morgan fingerprint density at radius 3 is 2.27 bits per heavy atom. The van der Waals surface area contributed by atoms with Crippen molar-refractivity contribution in [2.75, 3.05) is 0 Å². The van der Waals surface area contributed by atoms with E-state index in [9.17, 15) is 14.0 Å². The van der Waals surface area contributed by atoms with Gasteiger partial charge < -0.3 is 5.11 Å². The second-order valence-corrected chi connectivity index (χ2v) is 6.00. The summed E-state index contributed by atoms with van der Waals surface area (Å²) < 4.78 is 12.9. The maximum atomic E-state index is 12.9. The Morgan fingerprint density at radius 1 is 1.14 bits per heavy atom. The van der Waals surface area contributed by atoms with Crippen LogP contribution in [0.1, 0.15) is 44.1 Å². The zero-order valence-corrected chi connectivity index (χ0v) is 12.6. The predicted octanol–water partition coefficient (Wildman–Crippen LogP) is 4.08. The van der Waals surface area contributed by atoms with Crippen LogP contribution in [0.3, 0.4) is 0 Å². The molecule has 0 radical (unpaired) electrons. The highest BCUT2D eigenvalue weighted by Gasteiger charge is 2.28. The normalized spacial score (nSPS) is 21.3. The number of Topliss-reactive ketones (excluding diaryl/α,β-unsaturated/α-hetero) is 1. The molecule has 1 N–H and O–H groups in total. The van der Waals surface area contributed by atoms with Gasteiger partial charge in [-0.1, -0.05) is 18.7 Å². The molecule has 0 unspecified atom stereocenters. The van der Waals surface area contributed by atoms with Gasteiger partial charge in [0.2, 0.25) is 0 Å². The third-order valence-electron chi connectivity index (χ3n) is 4.47. The van der Waals surface area contributed by atoms with Crippen LogP contribution in [0, 0.1) is 17.7 Å². The van der Waals surface area contributed by atoms with E-state index >= 15 is 0 Å². The zero-order valence-electron chi connectivity index (χ0n) is 12.6. The predicted molar refractivity (Wildman–Crippen MR) is 82.8 cm³/mol. The summed E-state index contributed by atoms with van der Waals surface area (Å²) in [4.78, 5) is 23.1. The van der Waals surface area contributed by atoms with Crippen molar-refractivity contribution in [2.45, 2.75) is 38.5 Å². The molecule has 0 amide bonds. The van der Waals surface area contributed by atoms with Crippen LogP contribution in [0.25, 0.3) is 5.57 Å². The van der Waals surface area contributed by atoms with Crippen molar-refractivity contribution >= 4 is 17.3 Å². The van der Waals surface area contributed by atoms with Crippen LogP contribution in [0.15, 0.2) is 30.8 Å². The quantitative estimate of drug-likeness (QED) is 0.806. The van der Waals surface area contributed by atoms with E-state index in [-0.39, 0.29) is 23.9 Å². The number of aliphatic carboxylic acids is 1. The number of carbonyl (C=O) groups is 2. The molecule has 1 saturated carbocycles. The number of benzene rings is 1. The summed E-state index contributed by atoms with van der Waals surface area (Å²) in [6, 6.07) is 5.81. The van der Waals surface area contributed by atoms with Gasteiger partial charge in [-0.2, -0.15) is 0 Å². The second-order valence-electron chi connectivity index (χ2n) is 6.00. The lowest BCUT2D eigenvalue weighted by Crippen LogP contribution is -2.23. The van der Waals surface area contributed by atoms with Crippen LogP contribution in [-0.2, 0) is 9.59 Å². The Morgan fingerprint density at radius 2 is 1.73 bits per heavy atom. The number of carboxylic acids is 1.